The van der Waals surface area contributed by atoms with Crippen molar-refractivity contribution in [2.75, 3.05) is 36.9 Å². The molecule has 3 aliphatic rings. The van der Waals surface area contributed by atoms with Gasteiger partial charge in [-0.25, -0.2) is 9.97 Å². The maximum Gasteiger partial charge on any atom is 0.268 e. The molecule has 0 radical (unpaired) electrons. The minimum atomic E-state index is -0.0761. The molecule has 2 fully saturated rings. The van der Waals surface area contributed by atoms with Gasteiger partial charge >= 0.3 is 0 Å². The van der Waals surface area contributed by atoms with E-state index in [4.69, 9.17) is 4.98 Å². The molecule has 9 nitrogen and oxygen atoms in total. The van der Waals surface area contributed by atoms with Crippen LogP contribution in [0.5, 0.6) is 0 Å². The van der Waals surface area contributed by atoms with Crippen molar-refractivity contribution in [3.63, 3.8) is 0 Å². The highest BCUT2D eigenvalue weighted by Gasteiger charge is 2.42. The Hall–Kier alpha value is -3.20. The fourth-order valence-corrected chi connectivity index (χ4v) is 6.14. The summed E-state index contributed by atoms with van der Waals surface area (Å²) >= 11 is 0. The van der Waals surface area contributed by atoms with Crippen LogP contribution in [0.15, 0.2) is 30.6 Å². The lowest BCUT2D eigenvalue weighted by Gasteiger charge is -2.37. The van der Waals surface area contributed by atoms with E-state index < -0.39 is 0 Å². The molecular weight excluding hydrogens is 428 g/mol. The molecular formula is C25H32N8O. The number of amides is 1. The molecule has 1 aliphatic carbocycles. The first-order chi connectivity index (χ1) is 16.6. The van der Waals surface area contributed by atoms with Crippen LogP contribution in [0, 0.1) is 5.92 Å². The van der Waals surface area contributed by atoms with Crippen molar-refractivity contribution >= 4 is 34.4 Å². The Morgan fingerprint density at radius 1 is 1.21 bits per heavy atom. The molecule has 178 valence electrons. The van der Waals surface area contributed by atoms with Gasteiger partial charge in [0.2, 0.25) is 5.95 Å². The quantitative estimate of drug-likeness (QED) is 0.538. The van der Waals surface area contributed by atoms with Crippen molar-refractivity contribution in [1.29, 1.82) is 0 Å². The molecule has 1 unspecified atom stereocenters. The fourth-order valence-electron chi connectivity index (χ4n) is 6.14. The van der Waals surface area contributed by atoms with Gasteiger partial charge in [0, 0.05) is 37.3 Å². The second-order valence-electron chi connectivity index (χ2n) is 10.1. The number of nitrogens with one attached hydrogen (secondary N) is 3. The Labute approximate surface area is 199 Å². The highest BCUT2D eigenvalue weighted by atomic mass is 16.2. The molecule has 34 heavy (non-hydrogen) atoms. The van der Waals surface area contributed by atoms with Gasteiger partial charge in [-0.15, -0.1) is 0 Å². The molecule has 3 aromatic rings. The topological polar surface area (TPSA) is 100 Å². The minimum absolute atomic E-state index is 0.0323. The second kappa shape index (κ2) is 8.23. The van der Waals surface area contributed by atoms with Crippen LogP contribution in [0.3, 0.4) is 0 Å². The number of aromatic nitrogens is 4. The predicted octanol–water partition coefficient (Wildman–Crippen LogP) is 3.02. The molecule has 9 heteroatoms. The molecule has 2 atom stereocenters. The number of hydrogen-bond donors (Lipinski definition) is 3. The summed E-state index contributed by atoms with van der Waals surface area (Å²) in [4.78, 5) is 29.0. The van der Waals surface area contributed by atoms with Gasteiger partial charge in [0.15, 0.2) is 0 Å². The molecule has 1 spiro atoms. The fraction of sp³-hybridized carbons (Fsp3) is 0.520. The number of hydrogen-bond acceptors (Lipinski definition) is 7. The summed E-state index contributed by atoms with van der Waals surface area (Å²) in [5.41, 5.74) is 2.57. The third-order valence-corrected chi connectivity index (χ3v) is 7.98. The number of carbonyl (C=O) groups excluding carboxylic acids is 1. The van der Waals surface area contributed by atoms with Crippen molar-refractivity contribution in [1.82, 2.24) is 30.2 Å². The number of carbonyl (C=O) groups is 1. The average Bonchev–Trinajstić information content (AvgIpc) is 3.56. The first-order valence-electron chi connectivity index (χ1n) is 12.4. The van der Waals surface area contributed by atoms with Gasteiger partial charge in [0.25, 0.3) is 5.91 Å². The zero-order chi connectivity index (χ0) is 23.3. The van der Waals surface area contributed by atoms with Gasteiger partial charge in [-0.2, -0.15) is 4.98 Å². The van der Waals surface area contributed by atoms with E-state index in [1.165, 1.54) is 19.3 Å². The number of anilines is 3. The number of likely N-dealkylation sites (N-methyl/N-ethyl adjacent to an activating group) is 1. The van der Waals surface area contributed by atoms with Crippen LogP contribution in [0.25, 0.3) is 11.0 Å². The lowest BCUT2D eigenvalue weighted by Crippen LogP contribution is -2.50. The molecule has 1 amide bonds. The third kappa shape index (κ3) is 3.41. The van der Waals surface area contributed by atoms with Crippen LogP contribution in [0.2, 0.25) is 0 Å². The number of pyridine rings is 1. The third-order valence-electron chi connectivity index (χ3n) is 7.98. The summed E-state index contributed by atoms with van der Waals surface area (Å²) in [6.45, 7) is 5.01. The van der Waals surface area contributed by atoms with Gasteiger partial charge in [0.05, 0.1) is 17.4 Å². The van der Waals surface area contributed by atoms with Gasteiger partial charge in [-0.05, 0) is 50.4 Å². The molecule has 1 saturated heterocycles. The summed E-state index contributed by atoms with van der Waals surface area (Å²) in [6, 6.07) is 6.50. The molecule has 0 bridgehead atoms. The van der Waals surface area contributed by atoms with Crippen molar-refractivity contribution < 1.29 is 4.79 Å². The van der Waals surface area contributed by atoms with Crippen molar-refractivity contribution in [2.24, 2.45) is 5.92 Å². The summed E-state index contributed by atoms with van der Waals surface area (Å²) in [7, 11) is 2.01. The van der Waals surface area contributed by atoms with Gasteiger partial charge in [-0.3, -0.25) is 4.79 Å². The second-order valence-corrected chi connectivity index (χ2v) is 10.1. The Kier molecular flexibility index (Phi) is 5.17. The van der Waals surface area contributed by atoms with Crippen LogP contribution < -0.4 is 20.9 Å². The zero-order valence-corrected chi connectivity index (χ0v) is 19.8. The molecule has 3 N–H and O–H groups in total. The Morgan fingerprint density at radius 2 is 2.06 bits per heavy atom. The van der Waals surface area contributed by atoms with E-state index in [-0.39, 0.29) is 11.4 Å². The summed E-state index contributed by atoms with van der Waals surface area (Å²) in [6.07, 6.45) is 9.39. The predicted molar refractivity (Wildman–Crippen MR) is 133 cm³/mol. The molecule has 5 heterocycles. The normalized spacial score (nSPS) is 23.5. The van der Waals surface area contributed by atoms with Crippen LogP contribution >= 0.6 is 0 Å². The monoisotopic (exact) mass is 460 g/mol. The Morgan fingerprint density at radius 3 is 2.82 bits per heavy atom. The largest absolute Gasteiger partial charge is 0.366 e. The van der Waals surface area contributed by atoms with Crippen molar-refractivity contribution in [2.45, 2.75) is 50.6 Å². The summed E-state index contributed by atoms with van der Waals surface area (Å²) < 4.78 is 2.17. The van der Waals surface area contributed by atoms with Crippen LogP contribution in [0.1, 0.15) is 49.5 Å². The van der Waals surface area contributed by atoms with Gasteiger partial charge in [-0.1, -0.05) is 19.8 Å². The minimum Gasteiger partial charge on any atom is -0.366 e. The lowest BCUT2D eigenvalue weighted by molar-refractivity contribution is 0.0876. The molecule has 3 aromatic heterocycles. The maximum atomic E-state index is 12.6. The smallest absolute Gasteiger partial charge is 0.268 e. The maximum absolute atomic E-state index is 12.6. The van der Waals surface area contributed by atoms with E-state index in [0.29, 0.717) is 36.0 Å². The molecule has 2 aliphatic heterocycles. The summed E-state index contributed by atoms with van der Waals surface area (Å²) in [5.74, 6) is 1.83. The molecule has 0 aromatic carbocycles. The number of fused-ring (bicyclic) bond motifs is 4. The zero-order valence-electron chi connectivity index (χ0n) is 19.8. The van der Waals surface area contributed by atoms with E-state index in [0.717, 1.165) is 42.7 Å². The van der Waals surface area contributed by atoms with Crippen LogP contribution in [-0.4, -0.2) is 58.1 Å². The first kappa shape index (κ1) is 21.3. The standard InChI is InChI=1S/C25H32N8O/c1-16-7-10-32(20(16)14-26-2)18-5-6-21(27-13-18)30-24-28-12-17-11-19-23(34)29-15-25(8-3-4-9-25)33(19)22(17)31-24/h5-6,11-13,16,20,26H,3-4,7-10,14-15H2,1-2H3,(H,29,34)(H,27,28,30,31)/t16-,20?/m0/s1. The summed E-state index contributed by atoms with van der Waals surface area (Å²) in [5, 5.41) is 10.6. The van der Waals surface area contributed by atoms with E-state index in [2.05, 4.69) is 48.4 Å². The molecule has 6 rings (SSSR count). The highest BCUT2D eigenvalue weighted by Crippen LogP contribution is 2.41. The van der Waals surface area contributed by atoms with Crippen LogP contribution in [0.4, 0.5) is 17.5 Å². The number of nitrogens with zero attached hydrogens (tertiary/aromatic N) is 5. The Bertz CT molecular complexity index is 1210. The van der Waals surface area contributed by atoms with Crippen molar-refractivity contribution in [3.05, 3.63) is 36.3 Å². The first-order valence-corrected chi connectivity index (χ1v) is 12.4. The van der Waals surface area contributed by atoms with Gasteiger partial charge < -0.3 is 25.4 Å². The Balaban J connectivity index is 1.28. The van der Waals surface area contributed by atoms with E-state index in [1.54, 1.807) is 6.20 Å². The van der Waals surface area contributed by atoms with Gasteiger partial charge in [0.1, 0.15) is 17.2 Å². The highest BCUT2D eigenvalue weighted by molar-refractivity contribution is 5.99. The van der Waals surface area contributed by atoms with E-state index in [1.807, 2.05) is 25.4 Å². The average molecular weight is 461 g/mol. The van der Waals surface area contributed by atoms with E-state index >= 15 is 0 Å². The number of rotatable bonds is 5. The van der Waals surface area contributed by atoms with Crippen molar-refractivity contribution in [3.8, 4) is 0 Å². The SMILES string of the molecule is CNCC1[C@@H](C)CCN1c1ccc(Nc2ncc3cc4n(c3n2)C2(CCCC2)CNC4=O)nc1. The lowest BCUT2D eigenvalue weighted by atomic mass is 9.94. The molecule has 1 saturated carbocycles. The van der Waals surface area contributed by atoms with Crippen LogP contribution in [-0.2, 0) is 5.54 Å². The van der Waals surface area contributed by atoms with E-state index in [9.17, 15) is 4.79 Å².